The molecule has 0 radical (unpaired) electrons. The third-order valence-electron chi connectivity index (χ3n) is 3.71. The lowest BCUT2D eigenvalue weighted by Crippen LogP contribution is -2.16. The van der Waals surface area contributed by atoms with Gasteiger partial charge in [-0.1, -0.05) is 17.4 Å². The Hall–Kier alpha value is -2.12. The highest BCUT2D eigenvalue weighted by Crippen LogP contribution is 2.21. The summed E-state index contributed by atoms with van der Waals surface area (Å²) in [4.78, 5) is 0.633. The van der Waals surface area contributed by atoms with Crippen molar-refractivity contribution in [3.63, 3.8) is 0 Å². The zero-order valence-corrected chi connectivity index (χ0v) is 15.3. The van der Waals surface area contributed by atoms with E-state index in [0.717, 1.165) is 15.8 Å². The maximum atomic E-state index is 12.6. The smallest absolute Gasteiger partial charge is 0.285 e. The molecular formula is C17H18N2O3S2. The molecule has 1 heterocycles. The molecular weight excluding hydrogens is 344 g/mol. The first-order valence-electron chi connectivity index (χ1n) is 7.49. The van der Waals surface area contributed by atoms with Crippen LogP contribution in [-0.4, -0.2) is 20.1 Å². The summed E-state index contributed by atoms with van der Waals surface area (Å²) in [5, 5.41) is 0. The number of aryl methyl sites for hydroxylation is 2. The van der Waals surface area contributed by atoms with Crippen molar-refractivity contribution in [2.45, 2.75) is 25.3 Å². The summed E-state index contributed by atoms with van der Waals surface area (Å²) >= 11 is 1.38. The minimum atomic E-state index is -3.77. The summed E-state index contributed by atoms with van der Waals surface area (Å²) in [5.74, 6) is 0.606. The lowest BCUT2D eigenvalue weighted by Gasteiger charge is -2.02. The van der Waals surface area contributed by atoms with Crippen LogP contribution in [0.2, 0.25) is 0 Å². The fourth-order valence-electron chi connectivity index (χ4n) is 2.46. The van der Waals surface area contributed by atoms with Crippen molar-refractivity contribution in [3.05, 3.63) is 52.8 Å². The second kappa shape index (κ2) is 6.41. The van der Waals surface area contributed by atoms with Crippen LogP contribution >= 0.6 is 11.3 Å². The number of hydrogen-bond donors (Lipinski definition) is 0. The molecule has 0 saturated carbocycles. The predicted molar refractivity (Wildman–Crippen MR) is 96.0 cm³/mol. The molecule has 0 atom stereocenters. The first-order chi connectivity index (χ1) is 11.4. The Balaban J connectivity index is 2.17. The maximum Gasteiger partial charge on any atom is 0.285 e. The largest absolute Gasteiger partial charge is 0.497 e. The van der Waals surface area contributed by atoms with Crippen LogP contribution in [0.5, 0.6) is 5.75 Å². The van der Waals surface area contributed by atoms with E-state index in [1.54, 1.807) is 12.1 Å². The zero-order valence-electron chi connectivity index (χ0n) is 13.7. The number of aromatic nitrogens is 1. The molecule has 2 aromatic carbocycles. The SMILES string of the molecule is CCn1c(=NS(=O)(=O)c2ccc(OC)cc2)sc2cc(C)ccc21. The highest BCUT2D eigenvalue weighted by atomic mass is 32.2. The van der Waals surface area contributed by atoms with Gasteiger partial charge >= 0.3 is 0 Å². The van der Waals surface area contributed by atoms with Crippen molar-refractivity contribution in [2.75, 3.05) is 7.11 Å². The maximum absolute atomic E-state index is 12.6. The van der Waals surface area contributed by atoms with E-state index in [1.807, 2.05) is 36.6 Å². The van der Waals surface area contributed by atoms with Crippen molar-refractivity contribution in [1.82, 2.24) is 4.57 Å². The highest BCUT2D eigenvalue weighted by Gasteiger charge is 2.14. The van der Waals surface area contributed by atoms with E-state index in [0.29, 0.717) is 17.1 Å². The van der Waals surface area contributed by atoms with Crippen LogP contribution in [-0.2, 0) is 16.6 Å². The molecule has 0 aliphatic heterocycles. The molecule has 0 N–H and O–H groups in total. The molecule has 126 valence electrons. The van der Waals surface area contributed by atoms with E-state index >= 15 is 0 Å². The van der Waals surface area contributed by atoms with Gasteiger partial charge in [0.2, 0.25) is 4.80 Å². The van der Waals surface area contributed by atoms with Gasteiger partial charge in [0.05, 0.1) is 22.2 Å². The van der Waals surface area contributed by atoms with E-state index < -0.39 is 10.0 Å². The summed E-state index contributed by atoms with van der Waals surface area (Å²) in [6, 6.07) is 12.3. The summed E-state index contributed by atoms with van der Waals surface area (Å²) in [6.07, 6.45) is 0. The standard InChI is InChI=1S/C17H18N2O3S2/c1-4-19-15-10-5-12(2)11-16(15)23-17(19)18-24(20,21)14-8-6-13(22-3)7-9-14/h5-11H,4H2,1-3H3. The first-order valence-corrected chi connectivity index (χ1v) is 9.75. The number of methoxy groups -OCH3 is 1. The van der Waals surface area contributed by atoms with Crippen LogP contribution in [0.3, 0.4) is 0 Å². The van der Waals surface area contributed by atoms with E-state index in [2.05, 4.69) is 4.40 Å². The minimum absolute atomic E-state index is 0.152. The number of thiazole rings is 1. The molecule has 7 heteroatoms. The third-order valence-corrected chi connectivity index (χ3v) is 6.15. The van der Waals surface area contributed by atoms with Gasteiger partial charge in [-0.3, -0.25) is 0 Å². The molecule has 3 aromatic rings. The van der Waals surface area contributed by atoms with Gasteiger partial charge in [-0.15, -0.1) is 4.40 Å². The minimum Gasteiger partial charge on any atom is -0.497 e. The number of nitrogens with zero attached hydrogens (tertiary/aromatic N) is 2. The van der Waals surface area contributed by atoms with Crippen LogP contribution in [0, 0.1) is 6.92 Å². The number of ether oxygens (including phenoxy) is 1. The molecule has 0 aliphatic carbocycles. The Morgan fingerprint density at radius 1 is 1.17 bits per heavy atom. The molecule has 0 amide bonds. The van der Waals surface area contributed by atoms with Crippen molar-refractivity contribution in [2.24, 2.45) is 4.40 Å². The van der Waals surface area contributed by atoms with Gasteiger partial charge in [0, 0.05) is 6.54 Å². The molecule has 5 nitrogen and oxygen atoms in total. The number of rotatable bonds is 4. The van der Waals surface area contributed by atoms with E-state index in [9.17, 15) is 8.42 Å². The van der Waals surface area contributed by atoms with E-state index in [1.165, 1.54) is 30.6 Å². The summed E-state index contributed by atoms with van der Waals surface area (Å²) in [6.45, 7) is 4.64. The third kappa shape index (κ3) is 3.09. The van der Waals surface area contributed by atoms with Gasteiger partial charge in [-0.2, -0.15) is 8.42 Å². The molecule has 0 fully saturated rings. The summed E-state index contributed by atoms with van der Waals surface area (Å²) in [7, 11) is -2.23. The van der Waals surface area contributed by atoms with Gasteiger partial charge in [0.15, 0.2) is 0 Å². The van der Waals surface area contributed by atoms with E-state index in [-0.39, 0.29) is 4.90 Å². The van der Waals surface area contributed by atoms with Crippen LogP contribution in [0.1, 0.15) is 12.5 Å². The monoisotopic (exact) mass is 362 g/mol. The molecule has 0 aliphatic rings. The van der Waals surface area contributed by atoms with Crippen LogP contribution in [0.4, 0.5) is 0 Å². The van der Waals surface area contributed by atoms with Gasteiger partial charge in [-0.05, 0) is 55.8 Å². The van der Waals surface area contributed by atoms with Crippen molar-refractivity contribution >= 4 is 31.6 Å². The second-order valence-electron chi connectivity index (χ2n) is 5.34. The Bertz CT molecular complexity index is 1050. The average Bonchev–Trinajstić information content (AvgIpc) is 2.90. The first kappa shape index (κ1) is 16.7. The quantitative estimate of drug-likeness (QED) is 0.715. The van der Waals surface area contributed by atoms with Gasteiger partial charge in [-0.25, -0.2) is 0 Å². The van der Waals surface area contributed by atoms with Crippen molar-refractivity contribution in [3.8, 4) is 5.75 Å². The number of hydrogen-bond acceptors (Lipinski definition) is 4. The van der Waals surface area contributed by atoms with Gasteiger partial charge in [0.1, 0.15) is 5.75 Å². The Morgan fingerprint density at radius 2 is 1.88 bits per heavy atom. The normalized spacial score (nSPS) is 12.7. The van der Waals surface area contributed by atoms with Crippen LogP contribution in [0.15, 0.2) is 51.8 Å². The predicted octanol–water partition coefficient (Wildman–Crippen LogP) is 3.33. The topological polar surface area (TPSA) is 60.7 Å². The molecule has 0 saturated heterocycles. The Kier molecular flexibility index (Phi) is 4.47. The van der Waals surface area contributed by atoms with Crippen molar-refractivity contribution < 1.29 is 13.2 Å². The zero-order chi connectivity index (χ0) is 17.3. The Morgan fingerprint density at radius 3 is 2.50 bits per heavy atom. The summed E-state index contributed by atoms with van der Waals surface area (Å²) in [5.41, 5.74) is 2.13. The Labute approximate surface area is 144 Å². The molecule has 0 bridgehead atoms. The fraction of sp³-hybridized carbons (Fsp3) is 0.235. The van der Waals surface area contributed by atoms with Crippen LogP contribution < -0.4 is 9.54 Å². The lowest BCUT2D eigenvalue weighted by molar-refractivity contribution is 0.414. The lowest BCUT2D eigenvalue weighted by atomic mass is 10.2. The fourth-order valence-corrected chi connectivity index (χ4v) is 4.85. The highest BCUT2D eigenvalue weighted by molar-refractivity contribution is 7.90. The molecule has 0 unspecified atom stereocenters. The molecule has 1 aromatic heterocycles. The van der Waals surface area contributed by atoms with E-state index in [4.69, 9.17) is 4.74 Å². The molecule has 0 spiro atoms. The average molecular weight is 362 g/mol. The van der Waals surface area contributed by atoms with Crippen molar-refractivity contribution in [1.29, 1.82) is 0 Å². The number of sulfonamides is 1. The van der Waals surface area contributed by atoms with Gasteiger partial charge in [0.25, 0.3) is 10.0 Å². The second-order valence-corrected chi connectivity index (χ2v) is 7.96. The molecule has 3 rings (SSSR count). The molecule has 24 heavy (non-hydrogen) atoms. The van der Waals surface area contributed by atoms with Gasteiger partial charge < -0.3 is 9.30 Å². The number of fused-ring (bicyclic) bond motifs is 1. The summed E-state index contributed by atoms with van der Waals surface area (Å²) < 4.78 is 37.3. The number of benzene rings is 2. The van der Waals surface area contributed by atoms with Crippen LogP contribution in [0.25, 0.3) is 10.2 Å².